The number of nitrogens with one attached hydrogen (secondary N) is 2. The van der Waals surface area contributed by atoms with Crippen LogP contribution in [0.5, 0.6) is 5.75 Å². The molecule has 1 heterocycles. The molecule has 1 aromatic heterocycles. The van der Waals surface area contributed by atoms with Crippen LogP contribution in [0.4, 0.5) is 5.69 Å². The number of carbonyl (C=O) groups is 1. The summed E-state index contributed by atoms with van der Waals surface area (Å²) in [4.78, 5) is 14.6. The average molecular weight is 546 g/mol. The van der Waals surface area contributed by atoms with Crippen molar-refractivity contribution in [3.63, 3.8) is 0 Å². The summed E-state index contributed by atoms with van der Waals surface area (Å²) in [5, 5.41) is 17.1. The first kappa shape index (κ1) is 22.9. The molecule has 0 aliphatic heterocycles. The number of nitrogens with zero attached hydrogens (tertiary/aromatic N) is 3. The van der Waals surface area contributed by atoms with Gasteiger partial charge in [-0.3, -0.25) is 10.1 Å². The minimum atomic E-state index is -0.282. The number of anilines is 1. The highest BCUT2D eigenvalue weighted by Gasteiger charge is 2.14. The van der Waals surface area contributed by atoms with Crippen molar-refractivity contribution in [1.29, 1.82) is 0 Å². The smallest absolute Gasteiger partial charge is 0.258 e. The third-order valence-electron chi connectivity index (χ3n) is 5.62. The molecule has 0 spiro atoms. The molecule has 5 aromatic rings. The lowest BCUT2D eigenvalue weighted by Crippen LogP contribution is -2.34. The van der Waals surface area contributed by atoms with E-state index in [1.165, 1.54) is 0 Å². The summed E-state index contributed by atoms with van der Waals surface area (Å²) in [5.41, 5.74) is 4.47. The summed E-state index contributed by atoms with van der Waals surface area (Å²) in [6.45, 7) is 1.95. The van der Waals surface area contributed by atoms with Gasteiger partial charge in [-0.1, -0.05) is 40.2 Å². The summed E-state index contributed by atoms with van der Waals surface area (Å²) in [7, 11) is 1.63. The van der Waals surface area contributed by atoms with Crippen molar-refractivity contribution < 1.29 is 9.53 Å². The van der Waals surface area contributed by atoms with Crippen molar-refractivity contribution in [2.75, 3.05) is 12.4 Å². The Labute approximate surface area is 215 Å². The zero-order valence-electron chi connectivity index (χ0n) is 18.9. The molecule has 5 rings (SSSR count). The van der Waals surface area contributed by atoms with Gasteiger partial charge in [0.2, 0.25) is 0 Å². The van der Waals surface area contributed by atoms with E-state index in [-0.39, 0.29) is 11.0 Å². The highest BCUT2D eigenvalue weighted by atomic mass is 79.9. The number of hydrogen-bond acceptors (Lipinski definition) is 5. The molecule has 0 bridgehead atoms. The van der Waals surface area contributed by atoms with Crippen LogP contribution >= 0.6 is 28.1 Å². The van der Waals surface area contributed by atoms with E-state index in [1.807, 2.05) is 73.7 Å². The van der Waals surface area contributed by atoms with Crippen LogP contribution in [0.25, 0.3) is 27.5 Å². The topological polar surface area (TPSA) is 81.1 Å². The van der Waals surface area contributed by atoms with Crippen LogP contribution in [-0.2, 0) is 0 Å². The largest absolute Gasteiger partial charge is 0.497 e. The first-order valence-electron chi connectivity index (χ1n) is 10.7. The average Bonchev–Trinajstić information content (AvgIpc) is 3.26. The lowest BCUT2D eigenvalue weighted by molar-refractivity contribution is 0.0979. The fourth-order valence-corrected chi connectivity index (χ4v) is 4.53. The molecular formula is C26H20BrN5O2S. The van der Waals surface area contributed by atoms with Crippen molar-refractivity contribution in [3.8, 4) is 11.4 Å². The van der Waals surface area contributed by atoms with E-state index in [0.29, 0.717) is 11.1 Å². The molecule has 0 aliphatic rings. The van der Waals surface area contributed by atoms with Crippen LogP contribution in [0.2, 0.25) is 0 Å². The lowest BCUT2D eigenvalue weighted by Gasteiger charge is -2.13. The number of rotatable bonds is 4. The van der Waals surface area contributed by atoms with E-state index in [1.54, 1.807) is 18.0 Å². The SMILES string of the molecule is COc1ccc(-n2nc3cc(C)c(NC(=S)NC(=O)c4cccc5c(Br)cccc45)cc3n2)cc1. The number of benzene rings is 4. The number of methoxy groups -OCH3 is 1. The van der Waals surface area contributed by atoms with Gasteiger partial charge >= 0.3 is 0 Å². The Balaban J connectivity index is 1.36. The van der Waals surface area contributed by atoms with Gasteiger partial charge in [0.05, 0.1) is 12.8 Å². The quantitative estimate of drug-likeness (QED) is 0.278. The molecule has 0 atom stereocenters. The van der Waals surface area contributed by atoms with E-state index in [9.17, 15) is 4.79 Å². The molecule has 174 valence electrons. The van der Waals surface area contributed by atoms with Crippen LogP contribution in [0, 0.1) is 6.92 Å². The Morgan fingerprint density at radius 2 is 1.66 bits per heavy atom. The normalized spacial score (nSPS) is 10.9. The Morgan fingerprint density at radius 1 is 0.971 bits per heavy atom. The third kappa shape index (κ3) is 4.60. The zero-order chi connectivity index (χ0) is 24.5. The van der Waals surface area contributed by atoms with Crippen LogP contribution in [0.3, 0.4) is 0 Å². The van der Waals surface area contributed by atoms with Gasteiger partial charge in [-0.05, 0) is 84.0 Å². The molecule has 4 aromatic carbocycles. The van der Waals surface area contributed by atoms with Gasteiger partial charge in [-0.2, -0.15) is 4.80 Å². The van der Waals surface area contributed by atoms with Gasteiger partial charge in [0.1, 0.15) is 16.8 Å². The van der Waals surface area contributed by atoms with Crippen molar-refractivity contribution in [2.45, 2.75) is 6.92 Å². The first-order chi connectivity index (χ1) is 16.9. The number of aromatic nitrogens is 3. The molecule has 35 heavy (non-hydrogen) atoms. The monoisotopic (exact) mass is 545 g/mol. The van der Waals surface area contributed by atoms with Gasteiger partial charge in [-0.15, -0.1) is 10.2 Å². The van der Waals surface area contributed by atoms with Gasteiger partial charge in [-0.25, -0.2) is 0 Å². The van der Waals surface area contributed by atoms with E-state index in [2.05, 4.69) is 36.8 Å². The van der Waals surface area contributed by atoms with Gasteiger partial charge in [0.15, 0.2) is 5.11 Å². The number of hydrogen-bond donors (Lipinski definition) is 2. The van der Waals surface area contributed by atoms with E-state index < -0.39 is 0 Å². The van der Waals surface area contributed by atoms with Crippen molar-refractivity contribution in [2.24, 2.45) is 0 Å². The first-order valence-corrected chi connectivity index (χ1v) is 11.9. The second kappa shape index (κ2) is 9.44. The second-order valence-corrected chi connectivity index (χ2v) is 9.15. The number of halogens is 1. The zero-order valence-corrected chi connectivity index (χ0v) is 21.3. The molecule has 0 aliphatic carbocycles. The molecule has 9 heteroatoms. The fraction of sp³-hybridized carbons (Fsp3) is 0.0769. The molecule has 0 radical (unpaired) electrons. The Bertz CT molecular complexity index is 1600. The molecule has 7 nitrogen and oxygen atoms in total. The summed E-state index contributed by atoms with van der Waals surface area (Å²) >= 11 is 8.98. The highest BCUT2D eigenvalue weighted by molar-refractivity contribution is 9.10. The van der Waals surface area contributed by atoms with Gasteiger partial charge < -0.3 is 10.1 Å². The van der Waals surface area contributed by atoms with Crippen LogP contribution in [-0.4, -0.2) is 33.1 Å². The second-order valence-electron chi connectivity index (χ2n) is 7.89. The van der Waals surface area contributed by atoms with Gasteiger partial charge in [0, 0.05) is 15.7 Å². The van der Waals surface area contributed by atoms with Crippen LogP contribution < -0.4 is 15.4 Å². The fourth-order valence-electron chi connectivity index (χ4n) is 3.83. The maximum Gasteiger partial charge on any atom is 0.258 e. The van der Waals surface area contributed by atoms with Gasteiger partial charge in [0.25, 0.3) is 5.91 Å². The minimum absolute atomic E-state index is 0.201. The molecule has 1 amide bonds. The summed E-state index contributed by atoms with van der Waals surface area (Å²) in [6.07, 6.45) is 0. The maximum atomic E-state index is 13.0. The molecule has 0 saturated carbocycles. The predicted molar refractivity (Wildman–Crippen MR) is 145 cm³/mol. The molecule has 0 saturated heterocycles. The number of carbonyl (C=O) groups excluding carboxylic acids is 1. The standard InChI is InChI=1S/C26H20BrN5O2S/c1-15-13-23-24(31-32(30-23)16-9-11-17(34-2)12-10-16)14-22(15)28-26(35)29-25(33)20-7-3-6-19-18(20)5-4-8-21(19)27/h3-14H,1-2H3,(H2,28,29,33,35). The summed E-state index contributed by atoms with van der Waals surface area (Å²) < 4.78 is 6.14. The minimum Gasteiger partial charge on any atom is -0.497 e. The van der Waals surface area contributed by atoms with E-state index in [0.717, 1.165) is 43.4 Å². The summed E-state index contributed by atoms with van der Waals surface area (Å²) in [5.74, 6) is 0.481. The van der Waals surface area contributed by atoms with Crippen molar-refractivity contribution in [1.82, 2.24) is 20.3 Å². The third-order valence-corrected chi connectivity index (χ3v) is 6.51. The number of aryl methyl sites for hydroxylation is 1. The van der Waals surface area contributed by atoms with E-state index >= 15 is 0 Å². The lowest BCUT2D eigenvalue weighted by atomic mass is 10.0. The number of thiocarbonyl (C=S) groups is 1. The number of fused-ring (bicyclic) bond motifs is 2. The predicted octanol–water partition coefficient (Wildman–Crippen LogP) is 5.78. The Hall–Kier alpha value is -3.82. The Kier molecular flexibility index (Phi) is 6.19. The molecule has 2 N–H and O–H groups in total. The maximum absolute atomic E-state index is 13.0. The van der Waals surface area contributed by atoms with Crippen molar-refractivity contribution in [3.05, 3.63) is 88.4 Å². The number of amides is 1. The summed E-state index contributed by atoms with van der Waals surface area (Å²) in [6, 6.07) is 22.6. The van der Waals surface area contributed by atoms with Crippen molar-refractivity contribution >= 4 is 66.7 Å². The molecule has 0 unspecified atom stereocenters. The van der Waals surface area contributed by atoms with E-state index in [4.69, 9.17) is 17.0 Å². The Morgan fingerprint density at radius 3 is 2.40 bits per heavy atom. The molecule has 0 fully saturated rings. The van der Waals surface area contributed by atoms with Crippen LogP contribution in [0.1, 0.15) is 15.9 Å². The van der Waals surface area contributed by atoms with Crippen LogP contribution in [0.15, 0.2) is 77.3 Å². The molecular weight excluding hydrogens is 526 g/mol. The highest BCUT2D eigenvalue weighted by Crippen LogP contribution is 2.27. The number of ether oxygens (including phenoxy) is 1.